The molecule has 21 heavy (non-hydrogen) atoms. The molecule has 0 amide bonds. The Hall–Kier alpha value is -2.33. The number of ether oxygens (including phenoxy) is 1. The van der Waals surface area contributed by atoms with Gasteiger partial charge in [0.05, 0.1) is 24.4 Å². The molecule has 106 valence electrons. The van der Waals surface area contributed by atoms with Crippen molar-refractivity contribution in [2.75, 3.05) is 31.2 Å². The molecule has 1 aliphatic heterocycles. The van der Waals surface area contributed by atoms with Crippen molar-refractivity contribution in [3.63, 3.8) is 0 Å². The van der Waals surface area contributed by atoms with Gasteiger partial charge < -0.3 is 9.64 Å². The molecule has 0 saturated carbocycles. The van der Waals surface area contributed by atoms with Crippen molar-refractivity contribution in [2.45, 2.75) is 0 Å². The largest absolute Gasteiger partial charge is 0.378 e. The molecule has 1 aliphatic rings. The molecule has 1 saturated heterocycles. The number of nitrogens with one attached hydrogen (secondary N) is 1. The molecule has 1 N–H and O–H groups in total. The molecule has 3 aromatic rings. The minimum atomic E-state index is 0.811. The van der Waals surface area contributed by atoms with E-state index in [1.54, 1.807) is 0 Å². The van der Waals surface area contributed by atoms with E-state index in [4.69, 9.17) is 4.74 Å². The van der Waals surface area contributed by atoms with Gasteiger partial charge in [-0.3, -0.25) is 5.10 Å². The van der Waals surface area contributed by atoms with E-state index in [1.807, 2.05) is 18.2 Å². The van der Waals surface area contributed by atoms with Gasteiger partial charge in [0.2, 0.25) is 0 Å². The maximum Gasteiger partial charge on any atom is 0.0999 e. The number of hydrogen-bond acceptors (Lipinski definition) is 3. The van der Waals surface area contributed by atoms with Crippen LogP contribution in [0, 0.1) is 0 Å². The SMILES string of the molecule is c1ccc2c(-c3ccc(N4CCOCC4)cc3)n[nH]c2c1. The molecule has 0 unspecified atom stereocenters. The van der Waals surface area contributed by atoms with Crippen molar-refractivity contribution in [1.29, 1.82) is 0 Å². The highest BCUT2D eigenvalue weighted by atomic mass is 16.5. The van der Waals surface area contributed by atoms with Crippen LogP contribution in [0.3, 0.4) is 0 Å². The maximum atomic E-state index is 5.40. The van der Waals surface area contributed by atoms with Gasteiger partial charge in [0, 0.05) is 29.7 Å². The summed E-state index contributed by atoms with van der Waals surface area (Å²) in [6, 6.07) is 16.8. The Morgan fingerprint density at radius 3 is 2.52 bits per heavy atom. The molecular weight excluding hydrogens is 262 g/mol. The topological polar surface area (TPSA) is 41.1 Å². The normalized spacial score (nSPS) is 15.5. The van der Waals surface area contributed by atoms with E-state index in [0.717, 1.165) is 48.5 Å². The molecule has 1 fully saturated rings. The summed E-state index contributed by atoms with van der Waals surface area (Å²) in [5.41, 5.74) is 4.48. The van der Waals surface area contributed by atoms with E-state index in [0.29, 0.717) is 0 Å². The Kier molecular flexibility index (Phi) is 3.09. The summed E-state index contributed by atoms with van der Waals surface area (Å²) in [6.07, 6.45) is 0. The molecule has 4 heteroatoms. The lowest BCUT2D eigenvalue weighted by atomic mass is 10.1. The van der Waals surface area contributed by atoms with Crippen LogP contribution in [0.15, 0.2) is 48.5 Å². The van der Waals surface area contributed by atoms with Crippen LogP contribution in [-0.4, -0.2) is 36.5 Å². The third kappa shape index (κ3) is 2.28. The summed E-state index contributed by atoms with van der Waals surface area (Å²) in [7, 11) is 0. The minimum Gasteiger partial charge on any atom is -0.378 e. The quantitative estimate of drug-likeness (QED) is 0.784. The number of aromatic nitrogens is 2. The van der Waals surface area contributed by atoms with Crippen LogP contribution >= 0.6 is 0 Å². The second-order valence-electron chi connectivity index (χ2n) is 5.26. The molecule has 0 atom stereocenters. The van der Waals surface area contributed by atoms with Crippen molar-refractivity contribution >= 4 is 16.6 Å². The maximum absolute atomic E-state index is 5.40. The lowest BCUT2D eigenvalue weighted by Crippen LogP contribution is -2.36. The van der Waals surface area contributed by atoms with E-state index in [-0.39, 0.29) is 0 Å². The van der Waals surface area contributed by atoms with Crippen LogP contribution in [0.25, 0.3) is 22.2 Å². The third-order valence-corrected chi connectivity index (χ3v) is 3.99. The smallest absolute Gasteiger partial charge is 0.0999 e. The van der Waals surface area contributed by atoms with Gasteiger partial charge >= 0.3 is 0 Å². The first-order chi connectivity index (χ1) is 10.4. The first kappa shape index (κ1) is 12.4. The van der Waals surface area contributed by atoms with Gasteiger partial charge in [0.15, 0.2) is 0 Å². The van der Waals surface area contributed by atoms with Gasteiger partial charge in [0.25, 0.3) is 0 Å². The number of H-pyrrole nitrogens is 1. The second-order valence-corrected chi connectivity index (χ2v) is 5.26. The Balaban J connectivity index is 1.67. The van der Waals surface area contributed by atoms with E-state index >= 15 is 0 Å². The Morgan fingerprint density at radius 2 is 1.71 bits per heavy atom. The Labute approximate surface area is 123 Å². The predicted molar refractivity (Wildman–Crippen MR) is 84.6 cm³/mol. The van der Waals surface area contributed by atoms with E-state index < -0.39 is 0 Å². The zero-order valence-corrected chi connectivity index (χ0v) is 11.7. The lowest BCUT2D eigenvalue weighted by Gasteiger charge is -2.28. The fraction of sp³-hybridized carbons (Fsp3) is 0.235. The molecule has 4 rings (SSSR count). The highest BCUT2D eigenvalue weighted by Crippen LogP contribution is 2.28. The van der Waals surface area contributed by atoms with Crippen LogP contribution in [-0.2, 0) is 4.74 Å². The fourth-order valence-corrected chi connectivity index (χ4v) is 2.84. The van der Waals surface area contributed by atoms with E-state index in [1.165, 1.54) is 5.69 Å². The first-order valence-electron chi connectivity index (χ1n) is 7.28. The van der Waals surface area contributed by atoms with Crippen molar-refractivity contribution in [3.05, 3.63) is 48.5 Å². The summed E-state index contributed by atoms with van der Waals surface area (Å²) >= 11 is 0. The van der Waals surface area contributed by atoms with Crippen molar-refractivity contribution in [3.8, 4) is 11.3 Å². The molecule has 2 aromatic carbocycles. The van der Waals surface area contributed by atoms with E-state index in [9.17, 15) is 0 Å². The molecule has 0 bridgehead atoms. The molecule has 4 nitrogen and oxygen atoms in total. The molecule has 2 heterocycles. The summed E-state index contributed by atoms with van der Waals surface area (Å²) < 4.78 is 5.40. The summed E-state index contributed by atoms with van der Waals surface area (Å²) in [5, 5.41) is 8.70. The monoisotopic (exact) mass is 279 g/mol. The fourth-order valence-electron chi connectivity index (χ4n) is 2.84. The summed E-state index contributed by atoms with van der Waals surface area (Å²) in [6.45, 7) is 3.55. The number of nitrogens with zero attached hydrogens (tertiary/aromatic N) is 2. The van der Waals surface area contributed by atoms with Crippen LogP contribution in [0.1, 0.15) is 0 Å². The Morgan fingerprint density at radius 1 is 0.952 bits per heavy atom. The van der Waals surface area contributed by atoms with Crippen LogP contribution in [0.2, 0.25) is 0 Å². The second kappa shape index (κ2) is 5.22. The van der Waals surface area contributed by atoms with Crippen LogP contribution < -0.4 is 4.90 Å². The van der Waals surface area contributed by atoms with Crippen molar-refractivity contribution in [1.82, 2.24) is 10.2 Å². The highest BCUT2D eigenvalue weighted by molar-refractivity contribution is 5.92. The molecular formula is C17H17N3O. The van der Waals surface area contributed by atoms with Gasteiger partial charge in [-0.25, -0.2) is 0 Å². The van der Waals surface area contributed by atoms with E-state index in [2.05, 4.69) is 45.4 Å². The van der Waals surface area contributed by atoms with Gasteiger partial charge in [-0.2, -0.15) is 5.10 Å². The number of aromatic amines is 1. The molecule has 0 radical (unpaired) electrons. The van der Waals surface area contributed by atoms with Crippen molar-refractivity contribution < 1.29 is 4.74 Å². The highest BCUT2D eigenvalue weighted by Gasteiger charge is 2.12. The molecule has 1 aromatic heterocycles. The average Bonchev–Trinajstić information content (AvgIpc) is 3.00. The lowest BCUT2D eigenvalue weighted by molar-refractivity contribution is 0.122. The minimum absolute atomic E-state index is 0.811. The zero-order valence-electron chi connectivity index (χ0n) is 11.7. The number of benzene rings is 2. The number of hydrogen-bond donors (Lipinski definition) is 1. The van der Waals surface area contributed by atoms with Crippen LogP contribution in [0.5, 0.6) is 0 Å². The van der Waals surface area contributed by atoms with Gasteiger partial charge in [-0.05, 0) is 18.2 Å². The van der Waals surface area contributed by atoms with Gasteiger partial charge in [-0.15, -0.1) is 0 Å². The van der Waals surface area contributed by atoms with Gasteiger partial charge in [0.1, 0.15) is 0 Å². The van der Waals surface area contributed by atoms with Gasteiger partial charge in [-0.1, -0.05) is 30.3 Å². The average molecular weight is 279 g/mol. The Bertz CT molecular complexity index is 742. The summed E-state index contributed by atoms with van der Waals surface area (Å²) in [4.78, 5) is 2.36. The molecule has 0 spiro atoms. The number of morpholine rings is 1. The number of para-hydroxylation sites is 1. The first-order valence-corrected chi connectivity index (χ1v) is 7.28. The molecule has 0 aliphatic carbocycles. The third-order valence-electron chi connectivity index (χ3n) is 3.99. The summed E-state index contributed by atoms with van der Waals surface area (Å²) in [5.74, 6) is 0. The predicted octanol–water partition coefficient (Wildman–Crippen LogP) is 3.07. The standard InChI is InChI=1S/C17H17N3O/c1-2-4-16-15(3-1)17(19-18-16)13-5-7-14(8-6-13)20-9-11-21-12-10-20/h1-8H,9-12H2,(H,18,19). The number of fused-ring (bicyclic) bond motifs is 1. The van der Waals surface area contributed by atoms with Crippen molar-refractivity contribution in [2.24, 2.45) is 0 Å². The number of anilines is 1. The van der Waals surface area contributed by atoms with Crippen LogP contribution in [0.4, 0.5) is 5.69 Å². The number of rotatable bonds is 2. The zero-order chi connectivity index (χ0) is 14.1.